The summed E-state index contributed by atoms with van der Waals surface area (Å²) in [7, 11) is 0. The van der Waals surface area contributed by atoms with Crippen LogP contribution in [0, 0.1) is 33.5 Å². The summed E-state index contributed by atoms with van der Waals surface area (Å²) >= 11 is 0. The second-order valence-corrected chi connectivity index (χ2v) is 7.96. The van der Waals surface area contributed by atoms with Gasteiger partial charge in [0.1, 0.15) is 6.07 Å². The Balaban J connectivity index is 2.31. The van der Waals surface area contributed by atoms with Crippen molar-refractivity contribution >= 4 is 11.6 Å². The second-order valence-electron chi connectivity index (χ2n) is 7.96. The number of Topliss-reactive ketones (excluding diaryl/α,β-unsaturated/α-hetero) is 1. The van der Waals surface area contributed by atoms with Gasteiger partial charge in [0.25, 0.3) is 0 Å². The second kappa shape index (κ2) is 4.52. The molecule has 0 bridgehead atoms. The SMILES string of the molecule is CC12C=CC(=O)C=C1C1(C)C=C(C#N)C(=O)C(C)(C)[C@@H]1[C@@H](O)C2. The molecule has 4 heteroatoms. The molecule has 0 aliphatic heterocycles. The van der Waals surface area contributed by atoms with Crippen LogP contribution in [0.15, 0.2) is 35.5 Å². The number of nitrogens with zero attached hydrogens (tertiary/aromatic N) is 1. The van der Waals surface area contributed by atoms with Crippen molar-refractivity contribution in [2.75, 3.05) is 0 Å². The fraction of sp³-hybridized carbons (Fsp3) is 0.526. The van der Waals surface area contributed by atoms with Crippen LogP contribution in [0.4, 0.5) is 0 Å². The molecule has 0 aromatic carbocycles. The molecular formula is C19H21NO3. The van der Waals surface area contributed by atoms with Crippen LogP contribution in [-0.2, 0) is 9.59 Å². The van der Waals surface area contributed by atoms with Gasteiger partial charge in [-0.05, 0) is 24.1 Å². The van der Waals surface area contributed by atoms with E-state index in [4.69, 9.17) is 0 Å². The van der Waals surface area contributed by atoms with E-state index in [0.717, 1.165) is 5.57 Å². The van der Waals surface area contributed by atoms with E-state index in [-0.39, 0.29) is 23.1 Å². The number of aliphatic hydroxyl groups is 1. The summed E-state index contributed by atoms with van der Waals surface area (Å²) in [5, 5.41) is 20.2. The van der Waals surface area contributed by atoms with Crippen LogP contribution in [0.1, 0.15) is 34.1 Å². The summed E-state index contributed by atoms with van der Waals surface area (Å²) in [6, 6.07) is 2.00. The Morgan fingerprint density at radius 2 is 1.91 bits per heavy atom. The first-order valence-corrected chi connectivity index (χ1v) is 7.88. The summed E-state index contributed by atoms with van der Waals surface area (Å²) in [4.78, 5) is 24.6. The first-order chi connectivity index (χ1) is 10.6. The van der Waals surface area contributed by atoms with Crippen LogP contribution < -0.4 is 0 Å². The Kier molecular flexibility index (Phi) is 3.12. The summed E-state index contributed by atoms with van der Waals surface area (Å²) < 4.78 is 0. The number of hydrogen-bond acceptors (Lipinski definition) is 4. The van der Waals surface area contributed by atoms with Gasteiger partial charge in [-0.25, -0.2) is 0 Å². The molecule has 1 fully saturated rings. The Morgan fingerprint density at radius 3 is 2.52 bits per heavy atom. The summed E-state index contributed by atoms with van der Waals surface area (Å²) in [6.45, 7) is 7.50. The van der Waals surface area contributed by atoms with Gasteiger partial charge in [-0.3, -0.25) is 9.59 Å². The van der Waals surface area contributed by atoms with E-state index in [2.05, 4.69) is 0 Å². The zero-order valence-electron chi connectivity index (χ0n) is 13.9. The van der Waals surface area contributed by atoms with Crippen LogP contribution in [0.2, 0.25) is 0 Å². The van der Waals surface area contributed by atoms with E-state index in [1.807, 2.05) is 26.0 Å². The lowest BCUT2D eigenvalue weighted by atomic mass is 9.45. The molecular weight excluding hydrogens is 290 g/mol. The van der Waals surface area contributed by atoms with E-state index in [1.54, 1.807) is 26.0 Å². The summed E-state index contributed by atoms with van der Waals surface area (Å²) in [6.07, 6.45) is 6.46. The minimum absolute atomic E-state index is 0.0875. The molecule has 3 aliphatic rings. The highest BCUT2D eigenvalue weighted by Gasteiger charge is 2.61. The maximum atomic E-state index is 12.6. The molecule has 3 rings (SSSR count). The topological polar surface area (TPSA) is 78.2 Å². The van der Waals surface area contributed by atoms with Gasteiger partial charge in [-0.1, -0.05) is 39.8 Å². The van der Waals surface area contributed by atoms with Gasteiger partial charge in [0.05, 0.1) is 11.7 Å². The third kappa shape index (κ3) is 1.93. The third-order valence-electron chi connectivity index (χ3n) is 5.93. The molecule has 0 aromatic heterocycles. The molecule has 0 aromatic rings. The number of aliphatic hydroxyl groups excluding tert-OH is 1. The van der Waals surface area contributed by atoms with Crippen LogP contribution >= 0.6 is 0 Å². The Labute approximate surface area is 136 Å². The van der Waals surface area contributed by atoms with Gasteiger partial charge in [0.15, 0.2) is 11.6 Å². The van der Waals surface area contributed by atoms with Crippen molar-refractivity contribution in [3.63, 3.8) is 0 Å². The predicted molar refractivity (Wildman–Crippen MR) is 85.0 cm³/mol. The Morgan fingerprint density at radius 1 is 1.26 bits per heavy atom. The average molecular weight is 311 g/mol. The lowest BCUT2D eigenvalue weighted by Crippen LogP contribution is -2.58. The molecule has 2 unspecified atom stereocenters. The maximum absolute atomic E-state index is 12.6. The maximum Gasteiger partial charge on any atom is 0.179 e. The average Bonchev–Trinajstić information content (AvgIpc) is 2.44. The van der Waals surface area contributed by atoms with Crippen LogP contribution in [0.5, 0.6) is 0 Å². The first kappa shape index (κ1) is 15.9. The number of carbonyl (C=O) groups is 2. The Bertz CT molecular complexity index is 749. The van der Waals surface area contributed by atoms with Crippen molar-refractivity contribution < 1.29 is 14.7 Å². The van der Waals surface area contributed by atoms with E-state index in [1.165, 1.54) is 6.08 Å². The zero-order chi connectivity index (χ0) is 17.2. The molecule has 23 heavy (non-hydrogen) atoms. The largest absolute Gasteiger partial charge is 0.393 e. The van der Waals surface area contributed by atoms with Crippen molar-refractivity contribution in [3.05, 3.63) is 35.5 Å². The minimum atomic E-state index is -0.861. The van der Waals surface area contributed by atoms with Gasteiger partial charge in [-0.15, -0.1) is 0 Å². The molecule has 4 atom stereocenters. The molecule has 0 radical (unpaired) electrons. The number of carbonyl (C=O) groups excluding carboxylic acids is 2. The van der Waals surface area contributed by atoms with Crippen LogP contribution in [0.25, 0.3) is 0 Å². The van der Waals surface area contributed by atoms with Gasteiger partial charge < -0.3 is 5.11 Å². The van der Waals surface area contributed by atoms with Crippen LogP contribution in [-0.4, -0.2) is 22.8 Å². The van der Waals surface area contributed by atoms with Crippen LogP contribution in [0.3, 0.4) is 0 Å². The highest BCUT2D eigenvalue weighted by molar-refractivity contribution is 6.05. The molecule has 0 amide bonds. The zero-order valence-corrected chi connectivity index (χ0v) is 13.9. The predicted octanol–water partition coefficient (Wildman–Crippen LogP) is 2.50. The van der Waals surface area contributed by atoms with E-state index in [0.29, 0.717) is 6.42 Å². The van der Waals surface area contributed by atoms with E-state index < -0.39 is 22.3 Å². The molecule has 0 heterocycles. The summed E-state index contributed by atoms with van der Waals surface area (Å²) in [5.74, 6) is -0.683. The summed E-state index contributed by atoms with van der Waals surface area (Å²) in [5.41, 5.74) is -0.990. The molecule has 4 nitrogen and oxygen atoms in total. The molecule has 1 N–H and O–H groups in total. The van der Waals surface area contributed by atoms with Crippen molar-refractivity contribution in [1.29, 1.82) is 5.26 Å². The fourth-order valence-corrected chi connectivity index (χ4v) is 5.11. The van der Waals surface area contributed by atoms with E-state index >= 15 is 0 Å². The molecule has 0 saturated heterocycles. The molecule has 3 aliphatic carbocycles. The number of fused-ring (bicyclic) bond motifs is 3. The number of rotatable bonds is 0. The number of allylic oxidation sites excluding steroid dienone is 6. The molecule has 120 valence electrons. The normalized spacial score (nSPS) is 41.4. The first-order valence-electron chi connectivity index (χ1n) is 7.88. The fourth-order valence-electron chi connectivity index (χ4n) is 5.11. The van der Waals surface area contributed by atoms with Crippen molar-refractivity contribution in [2.45, 2.75) is 40.2 Å². The van der Waals surface area contributed by atoms with Crippen molar-refractivity contribution in [2.24, 2.45) is 22.2 Å². The van der Waals surface area contributed by atoms with E-state index in [9.17, 15) is 20.0 Å². The quantitative estimate of drug-likeness (QED) is 0.745. The van der Waals surface area contributed by atoms with Crippen molar-refractivity contribution in [3.8, 4) is 6.07 Å². The van der Waals surface area contributed by atoms with Crippen molar-refractivity contribution in [1.82, 2.24) is 0 Å². The Hall–Kier alpha value is -1.99. The lowest BCUT2D eigenvalue weighted by molar-refractivity contribution is -0.138. The monoisotopic (exact) mass is 311 g/mol. The van der Waals surface area contributed by atoms with Gasteiger partial charge in [-0.2, -0.15) is 5.26 Å². The molecule has 1 saturated carbocycles. The standard InChI is InChI=1S/C19H21NO3/c1-17(2)15-13(22)9-18(3)6-5-12(21)7-14(18)19(15,4)8-11(10-20)16(17)23/h5-8,13,15,22H,9H2,1-4H3/t13-,15-,18?,19?/m0/s1. The van der Waals surface area contributed by atoms with Gasteiger partial charge in [0.2, 0.25) is 0 Å². The van der Waals surface area contributed by atoms with Gasteiger partial charge in [0, 0.05) is 22.2 Å². The number of ketones is 2. The third-order valence-corrected chi connectivity index (χ3v) is 5.93. The minimum Gasteiger partial charge on any atom is -0.393 e. The molecule has 0 spiro atoms. The highest BCUT2D eigenvalue weighted by Crippen LogP contribution is 2.62. The number of nitriles is 1. The number of hydrogen-bond donors (Lipinski definition) is 1. The van der Waals surface area contributed by atoms with Gasteiger partial charge >= 0.3 is 0 Å². The lowest BCUT2D eigenvalue weighted by Gasteiger charge is -2.58. The highest BCUT2D eigenvalue weighted by atomic mass is 16.3. The smallest absolute Gasteiger partial charge is 0.179 e.